The quantitative estimate of drug-likeness (QED) is 0.816. The number of rotatable bonds is 6. The number of aliphatic hydroxyl groups is 1. The summed E-state index contributed by atoms with van der Waals surface area (Å²) in [6.45, 7) is 7.69. The Morgan fingerprint density at radius 3 is 2.61 bits per heavy atom. The summed E-state index contributed by atoms with van der Waals surface area (Å²) in [5.41, 5.74) is 0.169. The lowest BCUT2D eigenvalue weighted by Crippen LogP contribution is -2.49. The van der Waals surface area contributed by atoms with E-state index in [1.807, 2.05) is 44.2 Å². The predicted molar refractivity (Wildman–Crippen MR) is 84.6 cm³/mol. The van der Waals surface area contributed by atoms with Crippen LogP contribution in [0.4, 0.5) is 0 Å². The van der Waals surface area contributed by atoms with Gasteiger partial charge in [0, 0.05) is 0 Å². The minimum Gasteiger partial charge on any atom is -0.393 e. The van der Waals surface area contributed by atoms with Crippen LogP contribution < -0.4 is 0 Å². The maximum Gasteiger partial charge on any atom is 0.190 e. The largest absolute Gasteiger partial charge is 0.393 e. The highest BCUT2D eigenvalue weighted by molar-refractivity contribution is 5.14. The monoisotopic (exact) mass is 320 g/mol. The van der Waals surface area contributed by atoms with Gasteiger partial charge in [0.25, 0.3) is 0 Å². The van der Waals surface area contributed by atoms with Gasteiger partial charge in [-0.1, -0.05) is 36.4 Å². The SMILES string of the molecule is C=CC[C@@]1(CO)O[C@@H]2OC(C)(C)O[C@@H]2[C@H]1OCc1ccccc1. The first-order valence-corrected chi connectivity index (χ1v) is 7.90. The van der Waals surface area contributed by atoms with Crippen molar-refractivity contribution in [1.82, 2.24) is 0 Å². The average molecular weight is 320 g/mol. The van der Waals surface area contributed by atoms with Gasteiger partial charge < -0.3 is 24.1 Å². The molecule has 5 heteroatoms. The van der Waals surface area contributed by atoms with Gasteiger partial charge in [-0.05, 0) is 25.8 Å². The molecular weight excluding hydrogens is 296 g/mol. The van der Waals surface area contributed by atoms with Crippen molar-refractivity contribution in [1.29, 1.82) is 0 Å². The molecule has 3 rings (SSSR count). The zero-order valence-corrected chi connectivity index (χ0v) is 13.6. The molecular formula is C18H24O5. The van der Waals surface area contributed by atoms with Gasteiger partial charge in [0.2, 0.25) is 0 Å². The van der Waals surface area contributed by atoms with Gasteiger partial charge in [-0.25, -0.2) is 0 Å². The van der Waals surface area contributed by atoms with Crippen LogP contribution in [-0.2, 0) is 25.6 Å². The smallest absolute Gasteiger partial charge is 0.190 e. The molecule has 2 aliphatic rings. The zero-order chi connectivity index (χ0) is 16.5. The van der Waals surface area contributed by atoms with Gasteiger partial charge in [-0.2, -0.15) is 0 Å². The average Bonchev–Trinajstić information content (AvgIpc) is 2.96. The first-order valence-electron chi connectivity index (χ1n) is 7.90. The van der Waals surface area contributed by atoms with E-state index in [9.17, 15) is 5.11 Å². The molecule has 1 aromatic carbocycles. The van der Waals surface area contributed by atoms with E-state index in [-0.39, 0.29) is 12.7 Å². The van der Waals surface area contributed by atoms with Crippen LogP contribution in [0.1, 0.15) is 25.8 Å². The molecule has 2 fully saturated rings. The van der Waals surface area contributed by atoms with Gasteiger partial charge in [0.15, 0.2) is 12.1 Å². The van der Waals surface area contributed by atoms with Crippen molar-refractivity contribution in [3.05, 3.63) is 48.6 Å². The molecule has 4 atom stereocenters. The van der Waals surface area contributed by atoms with E-state index in [1.54, 1.807) is 6.08 Å². The summed E-state index contributed by atoms with van der Waals surface area (Å²) in [6.07, 6.45) is 0.834. The first-order chi connectivity index (χ1) is 11.0. The highest BCUT2D eigenvalue weighted by atomic mass is 16.8. The molecule has 5 nitrogen and oxygen atoms in total. The summed E-state index contributed by atoms with van der Waals surface area (Å²) in [5.74, 6) is -0.723. The molecule has 0 aromatic heterocycles. The Balaban J connectivity index is 1.80. The fourth-order valence-electron chi connectivity index (χ4n) is 3.26. The Labute approximate surface area is 136 Å². The second-order valence-corrected chi connectivity index (χ2v) is 6.52. The summed E-state index contributed by atoms with van der Waals surface area (Å²) in [6, 6.07) is 9.89. The van der Waals surface area contributed by atoms with E-state index in [0.29, 0.717) is 13.0 Å². The number of ether oxygens (including phenoxy) is 4. The van der Waals surface area contributed by atoms with Crippen LogP contribution >= 0.6 is 0 Å². The van der Waals surface area contributed by atoms with Crippen LogP contribution in [0.2, 0.25) is 0 Å². The molecule has 2 aliphatic heterocycles. The Morgan fingerprint density at radius 2 is 1.96 bits per heavy atom. The lowest BCUT2D eigenvalue weighted by molar-refractivity contribution is -0.250. The van der Waals surface area contributed by atoms with Crippen molar-refractivity contribution in [2.45, 2.75) is 56.8 Å². The number of aliphatic hydroxyl groups excluding tert-OH is 1. The Hall–Kier alpha value is -1.24. The highest BCUT2D eigenvalue weighted by Crippen LogP contribution is 2.45. The standard InChI is InChI=1S/C18H24O5/c1-4-10-18(12-19)15(20-11-13-8-6-5-7-9-13)14-16(23-18)22-17(2,3)21-14/h4-9,14-16,19H,1,10-12H2,2-3H3/t14-,15-,16+,18+/m1/s1. The molecule has 23 heavy (non-hydrogen) atoms. The van der Waals surface area contributed by atoms with E-state index < -0.39 is 23.8 Å². The number of hydrogen-bond acceptors (Lipinski definition) is 5. The van der Waals surface area contributed by atoms with E-state index in [4.69, 9.17) is 18.9 Å². The van der Waals surface area contributed by atoms with Crippen LogP contribution in [0.15, 0.2) is 43.0 Å². The van der Waals surface area contributed by atoms with Crippen molar-refractivity contribution >= 4 is 0 Å². The van der Waals surface area contributed by atoms with Crippen molar-refractivity contribution in [2.24, 2.45) is 0 Å². The molecule has 2 heterocycles. The molecule has 0 amide bonds. The molecule has 0 aliphatic carbocycles. The Kier molecular flexibility index (Phi) is 4.58. The van der Waals surface area contributed by atoms with Crippen LogP contribution in [0.5, 0.6) is 0 Å². The van der Waals surface area contributed by atoms with Crippen LogP contribution in [0, 0.1) is 0 Å². The Bertz CT molecular complexity index is 544. The van der Waals surface area contributed by atoms with E-state index >= 15 is 0 Å². The highest BCUT2D eigenvalue weighted by Gasteiger charge is 2.61. The molecule has 2 saturated heterocycles. The third kappa shape index (κ3) is 3.20. The normalized spacial score (nSPS) is 35.2. The third-order valence-electron chi connectivity index (χ3n) is 4.29. The summed E-state index contributed by atoms with van der Waals surface area (Å²) in [5, 5.41) is 9.94. The maximum atomic E-state index is 9.94. The van der Waals surface area contributed by atoms with Crippen molar-refractivity contribution in [2.75, 3.05) is 6.61 Å². The predicted octanol–water partition coefficient (Wildman–Crippen LogP) is 2.39. The zero-order valence-electron chi connectivity index (χ0n) is 13.6. The van der Waals surface area contributed by atoms with Crippen molar-refractivity contribution < 1.29 is 24.1 Å². The summed E-state index contributed by atoms with van der Waals surface area (Å²) < 4.78 is 23.9. The molecule has 0 spiro atoms. The summed E-state index contributed by atoms with van der Waals surface area (Å²) >= 11 is 0. The van der Waals surface area contributed by atoms with Crippen molar-refractivity contribution in [3.8, 4) is 0 Å². The molecule has 1 N–H and O–H groups in total. The van der Waals surface area contributed by atoms with E-state index in [2.05, 4.69) is 6.58 Å². The molecule has 126 valence electrons. The Morgan fingerprint density at radius 1 is 1.22 bits per heavy atom. The topological polar surface area (TPSA) is 57.2 Å². The second kappa shape index (κ2) is 6.34. The lowest BCUT2D eigenvalue weighted by Gasteiger charge is -2.34. The van der Waals surface area contributed by atoms with Crippen LogP contribution in [0.3, 0.4) is 0 Å². The first kappa shape index (κ1) is 16.6. The van der Waals surface area contributed by atoms with E-state index in [0.717, 1.165) is 5.56 Å². The number of hydrogen-bond donors (Lipinski definition) is 1. The van der Waals surface area contributed by atoms with Gasteiger partial charge in [-0.3, -0.25) is 0 Å². The lowest BCUT2D eigenvalue weighted by atomic mass is 9.92. The third-order valence-corrected chi connectivity index (χ3v) is 4.29. The molecule has 0 bridgehead atoms. The minimum atomic E-state index is -0.887. The van der Waals surface area contributed by atoms with Crippen LogP contribution in [0.25, 0.3) is 0 Å². The number of fused-ring (bicyclic) bond motifs is 1. The second-order valence-electron chi connectivity index (χ2n) is 6.52. The molecule has 0 unspecified atom stereocenters. The van der Waals surface area contributed by atoms with Crippen LogP contribution in [-0.4, -0.2) is 41.6 Å². The summed E-state index contributed by atoms with van der Waals surface area (Å²) in [4.78, 5) is 0. The van der Waals surface area contributed by atoms with Gasteiger partial charge in [-0.15, -0.1) is 6.58 Å². The summed E-state index contributed by atoms with van der Waals surface area (Å²) in [7, 11) is 0. The number of benzene rings is 1. The molecule has 1 aromatic rings. The fourth-order valence-corrected chi connectivity index (χ4v) is 3.26. The van der Waals surface area contributed by atoms with Gasteiger partial charge in [0.1, 0.15) is 17.8 Å². The van der Waals surface area contributed by atoms with Gasteiger partial charge >= 0.3 is 0 Å². The molecule has 0 radical (unpaired) electrons. The maximum absolute atomic E-state index is 9.94. The van der Waals surface area contributed by atoms with Gasteiger partial charge in [0.05, 0.1) is 13.2 Å². The van der Waals surface area contributed by atoms with E-state index in [1.165, 1.54) is 0 Å². The minimum absolute atomic E-state index is 0.182. The van der Waals surface area contributed by atoms with Crippen molar-refractivity contribution in [3.63, 3.8) is 0 Å². The fraction of sp³-hybridized carbons (Fsp3) is 0.556. The molecule has 0 saturated carbocycles.